The van der Waals surface area contributed by atoms with Crippen LogP contribution in [0.5, 0.6) is 0 Å². The zero-order chi connectivity index (χ0) is 17.5. The summed E-state index contributed by atoms with van der Waals surface area (Å²) >= 11 is 0. The molecular weight excluding hydrogens is 328 g/mol. The molecule has 5 rings (SSSR count). The molecule has 0 aliphatic carbocycles. The standard InChI is InChI=1S/C20H14N4O2/c25-20-18-17(22-13-23(18)12-15-8-5-11-26-15)16-9-4-10-21-19(16)24(20)14-6-2-1-3-7-14/h1-11,13H,12H2. The van der Waals surface area contributed by atoms with Crippen LogP contribution in [0.3, 0.4) is 0 Å². The number of hydrogen-bond donors (Lipinski definition) is 0. The van der Waals surface area contributed by atoms with Crippen molar-refractivity contribution < 1.29 is 4.42 Å². The Kier molecular flexibility index (Phi) is 3.21. The van der Waals surface area contributed by atoms with E-state index in [0.29, 0.717) is 23.2 Å². The lowest BCUT2D eigenvalue weighted by Crippen LogP contribution is -2.22. The van der Waals surface area contributed by atoms with Gasteiger partial charge in [0, 0.05) is 11.6 Å². The highest BCUT2D eigenvalue weighted by Gasteiger charge is 2.17. The van der Waals surface area contributed by atoms with Crippen molar-refractivity contribution in [1.82, 2.24) is 19.1 Å². The van der Waals surface area contributed by atoms with E-state index in [1.165, 1.54) is 0 Å². The van der Waals surface area contributed by atoms with Crippen molar-refractivity contribution in [1.29, 1.82) is 0 Å². The van der Waals surface area contributed by atoms with Crippen molar-refractivity contribution in [3.63, 3.8) is 0 Å². The van der Waals surface area contributed by atoms with Crippen LogP contribution < -0.4 is 5.56 Å². The van der Waals surface area contributed by atoms with E-state index in [9.17, 15) is 4.79 Å². The molecule has 4 aromatic heterocycles. The van der Waals surface area contributed by atoms with Crippen molar-refractivity contribution >= 4 is 22.1 Å². The Labute approximate surface area is 148 Å². The van der Waals surface area contributed by atoms with Gasteiger partial charge < -0.3 is 8.98 Å². The highest BCUT2D eigenvalue weighted by atomic mass is 16.3. The van der Waals surface area contributed by atoms with Crippen LogP contribution in [0.15, 0.2) is 82.6 Å². The minimum Gasteiger partial charge on any atom is -0.467 e. The van der Waals surface area contributed by atoms with E-state index in [-0.39, 0.29) is 5.56 Å². The molecule has 0 amide bonds. The molecule has 26 heavy (non-hydrogen) atoms. The third kappa shape index (κ3) is 2.16. The lowest BCUT2D eigenvalue weighted by atomic mass is 10.2. The lowest BCUT2D eigenvalue weighted by Gasteiger charge is -2.11. The summed E-state index contributed by atoms with van der Waals surface area (Å²) in [5.74, 6) is 0.765. The first-order valence-electron chi connectivity index (χ1n) is 8.25. The van der Waals surface area contributed by atoms with Gasteiger partial charge in [0.1, 0.15) is 22.4 Å². The third-order valence-electron chi connectivity index (χ3n) is 4.42. The van der Waals surface area contributed by atoms with Crippen molar-refractivity contribution in [3.8, 4) is 5.69 Å². The Balaban J connectivity index is 1.88. The summed E-state index contributed by atoms with van der Waals surface area (Å²) in [7, 11) is 0. The molecule has 126 valence electrons. The van der Waals surface area contributed by atoms with Crippen LogP contribution in [0.4, 0.5) is 0 Å². The van der Waals surface area contributed by atoms with E-state index in [2.05, 4.69) is 9.97 Å². The molecular formula is C20H14N4O2. The number of pyridine rings is 2. The van der Waals surface area contributed by atoms with Gasteiger partial charge in [-0.15, -0.1) is 0 Å². The number of fused-ring (bicyclic) bond motifs is 3. The number of furan rings is 1. The predicted octanol–water partition coefficient (Wildman–Crippen LogP) is 3.38. The second-order valence-corrected chi connectivity index (χ2v) is 6.00. The molecule has 0 unspecified atom stereocenters. The molecule has 0 atom stereocenters. The van der Waals surface area contributed by atoms with E-state index in [1.807, 2.05) is 59.2 Å². The van der Waals surface area contributed by atoms with E-state index < -0.39 is 0 Å². The Morgan fingerprint density at radius 1 is 0.962 bits per heavy atom. The van der Waals surface area contributed by atoms with Gasteiger partial charge in [0.25, 0.3) is 5.56 Å². The van der Waals surface area contributed by atoms with E-state index in [1.54, 1.807) is 23.4 Å². The van der Waals surface area contributed by atoms with Crippen LogP contribution in [0.25, 0.3) is 27.8 Å². The average molecular weight is 342 g/mol. The van der Waals surface area contributed by atoms with Gasteiger partial charge in [0.05, 0.1) is 24.8 Å². The molecule has 1 aromatic carbocycles. The second-order valence-electron chi connectivity index (χ2n) is 6.00. The van der Waals surface area contributed by atoms with E-state index >= 15 is 0 Å². The van der Waals surface area contributed by atoms with Gasteiger partial charge in [-0.2, -0.15) is 0 Å². The molecule has 0 N–H and O–H groups in total. The quantitative estimate of drug-likeness (QED) is 0.504. The summed E-state index contributed by atoms with van der Waals surface area (Å²) in [6, 6.07) is 17.0. The molecule has 0 aliphatic heterocycles. The number of aromatic nitrogens is 4. The largest absolute Gasteiger partial charge is 0.467 e. The molecule has 4 heterocycles. The number of rotatable bonds is 3. The number of hydrogen-bond acceptors (Lipinski definition) is 4. The minimum atomic E-state index is -0.151. The molecule has 0 fully saturated rings. The third-order valence-corrected chi connectivity index (χ3v) is 4.42. The van der Waals surface area contributed by atoms with Crippen LogP contribution in [0.1, 0.15) is 5.76 Å². The molecule has 6 heteroatoms. The van der Waals surface area contributed by atoms with Crippen molar-refractivity contribution in [2.45, 2.75) is 6.54 Å². The predicted molar refractivity (Wildman–Crippen MR) is 98.4 cm³/mol. The maximum atomic E-state index is 13.4. The minimum absolute atomic E-state index is 0.151. The number of nitrogens with zero attached hydrogens (tertiary/aromatic N) is 4. The number of para-hydroxylation sites is 1. The van der Waals surface area contributed by atoms with Crippen LogP contribution in [0, 0.1) is 0 Å². The summed E-state index contributed by atoms with van der Waals surface area (Å²) < 4.78 is 8.89. The van der Waals surface area contributed by atoms with Crippen LogP contribution in [-0.2, 0) is 6.54 Å². The SMILES string of the molecule is O=c1c2c(ncn2Cc2ccco2)c2cccnc2n1-c1ccccc1. The zero-order valence-corrected chi connectivity index (χ0v) is 13.7. The highest BCUT2D eigenvalue weighted by Crippen LogP contribution is 2.23. The summed E-state index contributed by atoms with van der Waals surface area (Å²) in [6.07, 6.45) is 4.99. The molecule has 0 aliphatic rings. The Bertz CT molecular complexity index is 1270. The molecule has 0 saturated carbocycles. The zero-order valence-electron chi connectivity index (χ0n) is 13.7. The fourth-order valence-corrected chi connectivity index (χ4v) is 3.27. The fourth-order valence-electron chi connectivity index (χ4n) is 3.27. The van der Waals surface area contributed by atoms with Crippen LogP contribution in [0.2, 0.25) is 0 Å². The van der Waals surface area contributed by atoms with Gasteiger partial charge in [-0.25, -0.2) is 9.97 Å². The highest BCUT2D eigenvalue weighted by molar-refractivity contribution is 6.01. The normalized spacial score (nSPS) is 11.4. The first-order chi connectivity index (χ1) is 12.8. The van der Waals surface area contributed by atoms with Crippen molar-refractivity contribution in [3.05, 3.63) is 89.5 Å². The van der Waals surface area contributed by atoms with Gasteiger partial charge in [0.2, 0.25) is 0 Å². The molecule has 0 spiro atoms. The molecule has 0 saturated heterocycles. The average Bonchev–Trinajstić information content (AvgIpc) is 3.34. The molecule has 0 bridgehead atoms. The lowest BCUT2D eigenvalue weighted by molar-refractivity contribution is 0.496. The van der Waals surface area contributed by atoms with Crippen molar-refractivity contribution in [2.24, 2.45) is 0 Å². The molecule has 5 aromatic rings. The first kappa shape index (κ1) is 14.7. The Morgan fingerprint density at radius 2 is 1.85 bits per heavy atom. The monoisotopic (exact) mass is 342 g/mol. The Hall–Kier alpha value is -3.67. The summed E-state index contributed by atoms with van der Waals surface area (Å²) in [5, 5.41) is 0.837. The van der Waals surface area contributed by atoms with E-state index in [0.717, 1.165) is 16.8 Å². The van der Waals surface area contributed by atoms with Gasteiger partial charge in [-0.1, -0.05) is 18.2 Å². The van der Waals surface area contributed by atoms with Crippen molar-refractivity contribution in [2.75, 3.05) is 0 Å². The topological polar surface area (TPSA) is 65.8 Å². The van der Waals surface area contributed by atoms with Crippen LogP contribution in [-0.4, -0.2) is 19.1 Å². The smallest absolute Gasteiger partial charge is 0.282 e. The number of benzene rings is 1. The molecule has 6 nitrogen and oxygen atoms in total. The Morgan fingerprint density at radius 3 is 2.65 bits per heavy atom. The number of imidazole rings is 1. The van der Waals surface area contributed by atoms with Gasteiger partial charge in [-0.3, -0.25) is 9.36 Å². The first-order valence-corrected chi connectivity index (χ1v) is 8.25. The summed E-state index contributed by atoms with van der Waals surface area (Å²) in [4.78, 5) is 22.3. The maximum absolute atomic E-state index is 13.4. The second kappa shape index (κ2) is 5.70. The maximum Gasteiger partial charge on any atom is 0.282 e. The molecule has 0 radical (unpaired) electrons. The van der Waals surface area contributed by atoms with Gasteiger partial charge >= 0.3 is 0 Å². The summed E-state index contributed by atoms with van der Waals surface area (Å²) in [6.45, 7) is 0.444. The van der Waals surface area contributed by atoms with E-state index in [4.69, 9.17) is 4.42 Å². The van der Waals surface area contributed by atoms with Gasteiger partial charge in [0.15, 0.2) is 0 Å². The van der Waals surface area contributed by atoms with Gasteiger partial charge in [-0.05, 0) is 36.4 Å². The fraction of sp³-hybridized carbons (Fsp3) is 0.0500. The van der Waals surface area contributed by atoms with Crippen LogP contribution >= 0.6 is 0 Å². The summed E-state index contributed by atoms with van der Waals surface area (Å²) in [5.41, 5.74) is 2.40.